The molecule has 0 bridgehead atoms. The van der Waals surface area contributed by atoms with Crippen LogP contribution in [0, 0.1) is 0 Å². The third-order valence-electron chi connectivity index (χ3n) is 7.79. The number of carbonyl (C=O) groups excluding carboxylic acids is 1. The zero-order valence-corrected chi connectivity index (χ0v) is 29.8. The second-order valence-corrected chi connectivity index (χ2v) is 14.5. The number of hydrogen-bond donors (Lipinski definition) is 3. The van der Waals surface area contributed by atoms with Crippen LogP contribution < -0.4 is 10.8 Å². The molecule has 0 heterocycles. The highest BCUT2D eigenvalue weighted by Crippen LogP contribution is 2.46. The zero-order chi connectivity index (χ0) is 39.7. The second-order valence-electron chi connectivity index (χ2n) is 11.4. The van der Waals surface area contributed by atoms with Gasteiger partial charge >= 0.3 is 0 Å². The summed E-state index contributed by atoms with van der Waals surface area (Å²) < 4.78 is 71.1. The van der Waals surface area contributed by atoms with Crippen LogP contribution in [0.1, 0.15) is 10.4 Å². The van der Waals surface area contributed by atoms with Crippen LogP contribution in [0.15, 0.2) is 144 Å². The van der Waals surface area contributed by atoms with Gasteiger partial charge in [0.25, 0.3) is 0 Å². The standard InChI is InChI=1S/C35H24ClN7O10S2/c36-27-16-23(54(48,49)50)10-13-29(27)41-42-32-25-17-31(55(51,52)53)33(34(45)24(25)11-12-28(32)37)43-39-21-7-3-19(4-8-21)18-1-5-20(6-2-18)38-40-22-9-14-30(44)26(15-22)35(46)47/h1-17,44-45H,37H2,(H,46,47)(H,48,49,50)(H,51,52,53)/p-3. The van der Waals surface area contributed by atoms with Gasteiger partial charge in [0.2, 0.25) is 0 Å². The minimum absolute atomic E-state index is 0.0212. The molecule has 0 saturated carbocycles. The van der Waals surface area contributed by atoms with Crippen LogP contribution in [-0.2, 0) is 20.2 Å². The molecule has 278 valence electrons. The third kappa shape index (κ3) is 8.45. The first kappa shape index (κ1) is 38.1. The minimum Gasteiger partial charge on any atom is -0.744 e. The lowest BCUT2D eigenvalue weighted by Gasteiger charge is -2.15. The lowest BCUT2D eigenvalue weighted by atomic mass is 10.1. The predicted molar refractivity (Wildman–Crippen MR) is 194 cm³/mol. The molecule has 0 fully saturated rings. The summed E-state index contributed by atoms with van der Waals surface area (Å²) in [6.45, 7) is 0. The maximum absolute atomic E-state index is 12.4. The molecule has 0 aromatic heterocycles. The van der Waals surface area contributed by atoms with E-state index in [1.165, 1.54) is 24.3 Å². The number of carbonyl (C=O) groups is 1. The molecule has 20 heteroatoms. The number of nitrogen functional groups attached to an aromatic ring is 1. The number of halogens is 1. The smallest absolute Gasteiger partial charge is 0.152 e. The van der Waals surface area contributed by atoms with Gasteiger partial charge in [0, 0.05) is 16.3 Å². The SMILES string of the molecule is Nc1ccc2c(O)c(N=Nc3ccc(-c4ccc(N=Nc5ccc(O)c(C(=O)[O-])c5)cc4)cc3)c(S(=O)(=O)[O-])cc2c1N=Nc1ccc(S(=O)(=O)[O-])cc1Cl. The molecule has 6 rings (SSSR count). The lowest BCUT2D eigenvalue weighted by molar-refractivity contribution is -0.255. The average molecular weight is 799 g/mol. The van der Waals surface area contributed by atoms with Crippen LogP contribution in [-0.4, -0.2) is 42.1 Å². The number of phenols is 2. The Labute approximate surface area is 315 Å². The molecule has 0 aliphatic heterocycles. The number of nitrogens with two attached hydrogens (primary N) is 1. The summed E-state index contributed by atoms with van der Waals surface area (Å²) >= 11 is 6.07. The van der Waals surface area contributed by atoms with Crippen LogP contribution in [0.5, 0.6) is 11.5 Å². The largest absolute Gasteiger partial charge is 0.744 e. The van der Waals surface area contributed by atoms with Crippen LogP contribution in [0.3, 0.4) is 0 Å². The fraction of sp³-hybridized carbons (Fsp3) is 0. The van der Waals surface area contributed by atoms with Gasteiger partial charge in [-0.05, 0) is 90.0 Å². The Hall–Kier alpha value is -6.64. The summed E-state index contributed by atoms with van der Waals surface area (Å²) in [6.07, 6.45) is 0. The number of anilines is 1. The van der Waals surface area contributed by atoms with Crippen molar-refractivity contribution in [2.75, 3.05) is 5.73 Å². The molecular weight excluding hydrogens is 778 g/mol. The number of phenolic OH excluding ortho intramolecular Hbond substituents is 1. The Morgan fingerprint density at radius 2 is 1.18 bits per heavy atom. The van der Waals surface area contributed by atoms with E-state index in [4.69, 9.17) is 17.3 Å². The van der Waals surface area contributed by atoms with Gasteiger partial charge in [0.1, 0.15) is 43.0 Å². The Bertz CT molecular complexity index is 2830. The van der Waals surface area contributed by atoms with Crippen molar-refractivity contribution in [1.29, 1.82) is 0 Å². The Morgan fingerprint density at radius 1 is 0.618 bits per heavy atom. The summed E-state index contributed by atoms with van der Waals surface area (Å²) in [5.74, 6) is -2.74. The van der Waals surface area contributed by atoms with E-state index in [0.717, 1.165) is 41.5 Å². The molecule has 0 aliphatic rings. The Kier molecular flexibility index (Phi) is 10.4. The molecule has 0 aliphatic carbocycles. The van der Waals surface area contributed by atoms with Crippen molar-refractivity contribution in [3.63, 3.8) is 0 Å². The summed E-state index contributed by atoms with van der Waals surface area (Å²) in [6, 6.07) is 23.5. The first-order valence-corrected chi connectivity index (χ1v) is 18.5. The van der Waals surface area contributed by atoms with Crippen LogP contribution in [0.25, 0.3) is 21.9 Å². The van der Waals surface area contributed by atoms with Crippen molar-refractivity contribution in [2.45, 2.75) is 9.79 Å². The quantitative estimate of drug-likeness (QED) is 0.0689. The number of azo groups is 3. The molecule has 0 amide bonds. The van der Waals surface area contributed by atoms with E-state index in [2.05, 4.69) is 30.7 Å². The van der Waals surface area contributed by atoms with Gasteiger partial charge in [0.05, 0.1) is 43.5 Å². The molecule has 17 nitrogen and oxygen atoms in total. The highest BCUT2D eigenvalue weighted by atomic mass is 35.5. The number of nitrogens with zero attached hydrogens (tertiary/aromatic N) is 6. The predicted octanol–water partition coefficient (Wildman–Crippen LogP) is 7.57. The Morgan fingerprint density at radius 3 is 1.75 bits per heavy atom. The van der Waals surface area contributed by atoms with Gasteiger partial charge in [-0.1, -0.05) is 35.9 Å². The van der Waals surface area contributed by atoms with E-state index in [-0.39, 0.29) is 44.2 Å². The maximum atomic E-state index is 12.4. The summed E-state index contributed by atoms with van der Waals surface area (Å²) in [4.78, 5) is 9.58. The number of aromatic carboxylic acids is 1. The molecule has 6 aromatic carbocycles. The van der Waals surface area contributed by atoms with E-state index in [1.54, 1.807) is 48.5 Å². The van der Waals surface area contributed by atoms with Crippen molar-refractivity contribution in [3.8, 4) is 22.6 Å². The third-order valence-corrected chi connectivity index (χ3v) is 9.77. The van der Waals surface area contributed by atoms with Gasteiger partial charge in [-0.25, -0.2) is 16.8 Å². The number of rotatable bonds is 10. The number of benzene rings is 6. The van der Waals surface area contributed by atoms with Crippen LogP contribution in [0.4, 0.5) is 39.8 Å². The first-order valence-electron chi connectivity index (χ1n) is 15.3. The van der Waals surface area contributed by atoms with Gasteiger partial charge < -0.3 is 35.0 Å². The van der Waals surface area contributed by atoms with Crippen LogP contribution in [0.2, 0.25) is 5.02 Å². The molecule has 4 N–H and O–H groups in total. The minimum atomic E-state index is -5.28. The lowest BCUT2D eigenvalue weighted by Crippen LogP contribution is -2.22. The molecule has 55 heavy (non-hydrogen) atoms. The van der Waals surface area contributed by atoms with E-state index >= 15 is 0 Å². The molecule has 0 saturated heterocycles. The van der Waals surface area contributed by atoms with Crippen molar-refractivity contribution in [1.82, 2.24) is 0 Å². The fourth-order valence-electron chi connectivity index (χ4n) is 5.06. The summed E-state index contributed by atoms with van der Waals surface area (Å²) in [7, 11) is -10.1. The number of hydrogen-bond acceptors (Lipinski definition) is 17. The van der Waals surface area contributed by atoms with Crippen molar-refractivity contribution < 1.29 is 46.1 Å². The van der Waals surface area contributed by atoms with Crippen molar-refractivity contribution >= 4 is 88.4 Å². The van der Waals surface area contributed by atoms with Gasteiger partial charge in [0.15, 0.2) is 5.75 Å². The van der Waals surface area contributed by atoms with Crippen LogP contribution >= 0.6 is 11.6 Å². The number of carboxylic acid groups (broad SMARTS) is 1. The monoisotopic (exact) mass is 798 g/mol. The van der Waals surface area contributed by atoms with Crippen molar-refractivity contribution in [3.05, 3.63) is 114 Å². The molecule has 0 unspecified atom stereocenters. The molecule has 6 aromatic rings. The van der Waals surface area contributed by atoms with Gasteiger partial charge in [-0.15, -0.1) is 15.3 Å². The summed E-state index contributed by atoms with van der Waals surface area (Å²) in [5, 5.41) is 55.4. The number of carboxylic acids is 1. The average Bonchev–Trinajstić information content (AvgIpc) is 3.13. The van der Waals surface area contributed by atoms with Gasteiger partial charge in [-0.2, -0.15) is 15.3 Å². The van der Waals surface area contributed by atoms with E-state index < -0.39 is 58.7 Å². The van der Waals surface area contributed by atoms with Crippen molar-refractivity contribution in [2.24, 2.45) is 30.7 Å². The highest BCUT2D eigenvalue weighted by molar-refractivity contribution is 7.86. The van der Waals surface area contributed by atoms with E-state index in [9.17, 15) is 46.1 Å². The van der Waals surface area contributed by atoms with E-state index in [1.807, 2.05) is 0 Å². The molecule has 0 atom stereocenters. The molecule has 0 radical (unpaired) electrons. The zero-order valence-electron chi connectivity index (χ0n) is 27.4. The highest BCUT2D eigenvalue weighted by Gasteiger charge is 2.20. The maximum Gasteiger partial charge on any atom is 0.152 e. The van der Waals surface area contributed by atoms with Gasteiger partial charge in [-0.3, -0.25) is 0 Å². The Balaban J connectivity index is 1.26. The molecular formula is C35H21ClN7O10S2-3. The number of fused-ring (bicyclic) bond motifs is 1. The topological polar surface area (TPSA) is 295 Å². The first-order chi connectivity index (χ1) is 26.0. The normalized spacial score (nSPS) is 12.3. The second kappa shape index (κ2) is 15.0. The summed E-state index contributed by atoms with van der Waals surface area (Å²) in [5.41, 5.74) is 7.08. The fourth-order valence-corrected chi connectivity index (χ4v) is 6.48. The number of aromatic hydroxyl groups is 2. The van der Waals surface area contributed by atoms with E-state index in [0.29, 0.717) is 5.69 Å². The molecule has 0 spiro atoms.